The number of piperidine rings is 1. The summed E-state index contributed by atoms with van der Waals surface area (Å²) in [5, 5.41) is 9.29. The van der Waals surface area contributed by atoms with Gasteiger partial charge in [-0.2, -0.15) is 0 Å². The molecule has 1 aromatic carbocycles. The highest BCUT2D eigenvalue weighted by molar-refractivity contribution is 5.28. The van der Waals surface area contributed by atoms with Gasteiger partial charge < -0.3 is 14.7 Å². The average Bonchev–Trinajstić information content (AvgIpc) is 2.51. The summed E-state index contributed by atoms with van der Waals surface area (Å²) < 4.78 is 40.9. The van der Waals surface area contributed by atoms with E-state index in [0.29, 0.717) is 25.6 Å². The van der Waals surface area contributed by atoms with Gasteiger partial charge in [-0.1, -0.05) is 12.1 Å². The predicted octanol–water partition coefficient (Wildman–Crippen LogP) is 2.52. The molecule has 0 bridgehead atoms. The van der Waals surface area contributed by atoms with Crippen LogP contribution in [0.5, 0.6) is 5.75 Å². The van der Waals surface area contributed by atoms with Crippen molar-refractivity contribution in [2.24, 2.45) is 0 Å². The second-order valence-electron chi connectivity index (χ2n) is 6.24. The molecule has 1 heterocycles. The fraction of sp³-hybridized carbons (Fsp3) is 0.647. The molecule has 0 aliphatic carbocycles. The average molecular weight is 346 g/mol. The van der Waals surface area contributed by atoms with Crippen LogP contribution in [0.3, 0.4) is 0 Å². The number of aliphatic hydroxyl groups excluding tert-OH is 1. The molecule has 1 aliphatic rings. The maximum atomic E-state index is 12.3. The minimum absolute atomic E-state index is 0.0869. The van der Waals surface area contributed by atoms with Gasteiger partial charge in [-0.05, 0) is 57.1 Å². The van der Waals surface area contributed by atoms with Crippen molar-refractivity contribution in [3.8, 4) is 5.75 Å². The van der Waals surface area contributed by atoms with E-state index in [9.17, 15) is 18.3 Å². The first-order chi connectivity index (χ1) is 11.4. The lowest BCUT2D eigenvalue weighted by molar-refractivity contribution is -0.274. The Bertz CT molecular complexity index is 503. The SMILES string of the molecule is CN1CCC(N(CCO)CCc2cccc(OC(F)(F)F)c2)CC1. The van der Waals surface area contributed by atoms with Crippen molar-refractivity contribution in [2.75, 3.05) is 39.8 Å². The lowest BCUT2D eigenvalue weighted by Gasteiger charge is -2.37. The smallest absolute Gasteiger partial charge is 0.406 e. The Labute approximate surface area is 140 Å². The minimum atomic E-state index is -4.67. The molecule has 0 unspecified atom stereocenters. The van der Waals surface area contributed by atoms with Crippen molar-refractivity contribution in [3.05, 3.63) is 29.8 Å². The van der Waals surface area contributed by atoms with Gasteiger partial charge in [-0.3, -0.25) is 4.90 Å². The third-order valence-electron chi connectivity index (χ3n) is 4.41. The van der Waals surface area contributed by atoms with E-state index in [0.717, 1.165) is 31.5 Å². The standard InChI is InChI=1S/C17H25F3N2O2/c1-21-8-6-15(7-9-21)22(11-12-23)10-5-14-3-2-4-16(13-14)24-17(18,19)20/h2-4,13,15,23H,5-12H2,1H3. The fourth-order valence-electron chi connectivity index (χ4n) is 3.14. The number of nitrogens with zero attached hydrogens (tertiary/aromatic N) is 2. The second kappa shape index (κ2) is 8.69. The van der Waals surface area contributed by atoms with Crippen LogP contribution in [0.1, 0.15) is 18.4 Å². The lowest BCUT2D eigenvalue weighted by atomic mass is 10.0. The number of likely N-dealkylation sites (tertiary alicyclic amines) is 1. The quantitative estimate of drug-likeness (QED) is 0.823. The molecule has 0 spiro atoms. The van der Waals surface area contributed by atoms with E-state index in [1.807, 2.05) is 0 Å². The summed E-state index contributed by atoms with van der Waals surface area (Å²) in [6.45, 7) is 3.45. The Morgan fingerprint density at radius 1 is 1.25 bits per heavy atom. The van der Waals surface area contributed by atoms with E-state index in [4.69, 9.17) is 0 Å². The molecule has 0 radical (unpaired) electrons. The van der Waals surface area contributed by atoms with Crippen LogP contribution in [0.15, 0.2) is 24.3 Å². The second-order valence-corrected chi connectivity index (χ2v) is 6.24. The van der Waals surface area contributed by atoms with Crippen LogP contribution in [0.25, 0.3) is 0 Å². The largest absolute Gasteiger partial charge is 0.573 e. The highest BCUT2D eigenvalue weighted by atomic mass is 19.4. The molecular formula is C17H25F3N2O2. The lowest BCUT2D eigenvalue weighted by Crippen LogP contribution is -2.45. The van der Waals surface area contributed by atoms with E-state index in [1.54, 1.807) is 12.1 Å². The highest BCUT2D eigenvalue weighted by Gasteiger charge is 2.31. The Morgan fingerprint density at radius 2 is 1.96 bits per heavy atom. The van der Waals surface area contributed by atoms with E-state index < -0.39 is 6.36 Å². The number of aliphatic hydroxyl groups is 1. The summed E-state index contributed by atoms with van der Waals surface area (Å²) in [5.41, 5.74) is 0.799. The van der Waals surface area contributed by atoms with E-state index >= 15 is 0 Å². The maximum Gasteiger partial charge on any atom is 0.573 e. The van der Waals surface area contributed by atoms with Crippen molar-refractivity contribution in [2.45, 2.75) is 31.7 Å². The van der Waals surface area contributed by atoms with Gasteiger partial charge in [0.25, 0.3) is 0 Å². The molecule has 1 N–H and O–H groups in total. The van der Waals surface area contributed by atoms with Crippen LogP contribution in [-0.2, 0) is 6.42 Å². The number of rotatable bonds is 7. The van der Waals surface area contributed by atoms with Gasteiger partial charge in [0.2, 0.25) is 0 Å². The monoisotopic (exact) mass is 346 g/mol. The predicted molar refractivity (Wildman–Crippen MR) is 86.0 cm³/mol. The van der Waals surface area contributed by atoms with Crippen LogP contribution in [0.4, 0.5) is 13.2 Å². The molecule has 24 heavy (non-hydrogen) atoms. The van der Waals surface area contributed by atoms with Crippen LogP contribution < -0.4 is 4.74 Å². The molecule has 0 atom stereocenters. The number of hydrogen-bond acceptors (Lipinski definition) is 4. The van der Waals surface area contributed by atoms with Gasteiger partial charge in [0, 0.05) is 19.1 Å². The Hall–Kier alpha value is -1.31. The first kappa shape index (κ1) is 19.0. The molecule has 7 heteroatoms. The molecule has 1 saturated heterocycles. The molecule has 4 nitrogen and oxygen atoms in total. The summed E-state index contributed by atoms with van der Waals surface area (Å²) in [4.78, 5) is 4.52. The number of ether oxygens (including phenoxy) is 1. The zero-order valence-corrected chi connectivity index (χ0v) is 13.9. The van der Waals surface area contributed by atoms with Crippen LogP contribution in [0.2, 0.25) is 0 Å². The minimum Gasteiger partial charge on any atom is -0.406 e. The molecule has 1 aliphatic heterocycles. The number of alkyl halides is 3. The first-order valence-corrected chi connectivity index (χ1v) is 8.25. The first-order valence-electron chi connectivity index (χ1n) is 8.25. The van der Waals surface area contributed by atoms with Crippen molar-refractivity contribution < 1.29 is 23.0 Å². The topological polar surface area (TPSA) is 35.9 Å². The van der Waals surface area contributed by atoms with Crippen LogP contribution in [0, 0.1) is 0 Å². The number of hydrogen-bond donors (Lipinski definition) is 1. The van der Waals surface area contributed by atoms with Gasteiger partial charge in [-0.25, -0.2) is 0 Å². The van der Waals surface area contributed by atoms with Gasteiger partial charge in [0.05, 0.1) is 6.61 Å². The summed E-state index contributed by atoms with van der Waals surface area (Å²) in [7, 11) is 2.10. The van der Waals surface area contributed by atoms with Gasteiger partial charge in [0.15, 0.2) is 0 Å². The molecule has 0 amide bonds. The summed E-state index contributed by atoms with van der Waals surface area (Å²) in [6, 6.07) is 6.53. The van der Waals surface area contributed by atoms with Gasteiger partial charge in [-0.15, -0.1) is 13.2 Å². The Morgan fingerprint density at radius 3 is 2.58 bits per heavy atom. The molecule has 2 rings (SSSR count). The van der Waals surface area contributed by atoms with Crippen LogP contribution in [-0.4, -0.2) is 67.1 Å². The summed E-state index contributed by atoms with van der Waals surface area (Å²) in [5.74, 6) is -0.187. The third-order valence-corrected chi connectivity index (χ3v) is 4.41. The van der Waals surface area contributed by atoms with Crippen molar-refractivity contribution in [1.82, 2.24) is 9.80 Å². The van der Waals surface area contributed by atoms with Gasteiger partial charge in [0.1, 0.15) is 5.75 Å². The zero-order chi connectivity index (χ0) is 17.6. The number of benzene rings is 1. The van der Waals surface area contributed by atoms with Gasteiger partial charge >= 0.3 is 6.36 Å². The normalized spacial score (nSPS) is 17.4. The molecule has 0 aromatic heterocycles. The Balaban J connectivity index is 1.92. The van der Waals surface area contributed by atoms with Crippen molar-refractivity contribution >= 4 is 0 Å². The molecule has 0 saturated carbocycles. The summed E-state index contributed by atoms with van der Waals surface area (Å²) >= 11 is 0. The Kier molecular flexibility index (Phi) is 6.89. The molecule has 1 aromatic rings. The summed E-state index contributed by atoms with van der Waals surface area (Å²) in [6.07, 6.45) is -1.95. The molecule has 1 fully saturated rings. The van der Waals surface area contributed by atoms with E-state index in [2.05, 4.69) is 21.6 Å². The van der Waals surface area contributed by atoms with E-state index in [-0.39, 0.29) is 12.4 Å². The number of halogens is 3. The maximum absolute atomic E-state index is 12.3. The van der Waals surface area contributed by atoms with E-state index in [1.165, 1.54) is 12.1 Å². The third kappa shape index (κ3) is 6.30. The molecular weight excluding hydrogens is 321 g/mol. The fourth-order valence-corrected chi connectivity index (χ4v) is 3.14. The zero-order valence-electron chi connectivity index (χ0n) is 13.9. The van der Waals surface area contributed by atoms with Crippen molar-refractivity contribution in [3.63, 3.8) is 0 Å². The highest BCUT2D eigenvalue weighted by Crippen LogP contribution is 2.24. The van der Waals surface area contributed by atoms with Crippen molar-refractivity contribution in [1.29, 1.82) is 0 Å². The molecule has 136 valence electrons. The van der Waals surface area contributed by atoms with Crippen LogP contribution >= 0.6 is 0 Å².